The predicted molar refractivity (Wildman–Crippen MR) is 65.9 cm³/mol. The highest BCUT2D eigenvalue weighted by molar-refractivity contribution is 7.92. The van der Waals surface area contributed by atoms with Gasteiger partial charge in [-0.2, -0.15) is 0 Å². The minimum atomic E-state index is -3.39. The van der Waals surface area contributed by atoms with Crippen LogP contribution >= 0.6 is 0 Å². The summed E-state index contributed by atoms with van der Waals surface area (Å²) in [5.41, 5.74) is 0. The molecule has 0 aromatic carbocycles. The van der Waals surface area contributed by atoms with Crippen molar-refractivity contribution in [3.05, 3.63) is 0 Å². The summed E-state index contributed by atoms with van der Waals surface area (Å²) in [5.74, 6) is -2.18. The molecule has 0 aliphatic heterocycles. The zero-order valence-corrected chi connectivity index (χ0v) is 11.2. The van der Waals surface area contributed by atoms with Crippen LogP contribution in [0.15, 0.2) is 0 Å². The summed E-state index contributed by atoms with van der Waals surface area (Å²) in [7, 11) is -3.39. The normalized spacial score (nSPS) is 18.5. The second-order valence-corrected chi connectivity index (χ2v) is 7.06. The molecule has 0 heterocycles. The third kappa shape index (κ3) is 4.64. The van der Waals surface area contributed by atoms with E-state index < -0.39 is 38.8 Å². The van der Waals surface area contributed by atoms with Gasteiger partial charge in [-0.05, 0) is 19.8 Å². The van der Waals surface area contributed by atoms with Crippen molar-refractivity contribution in [2.75, 3.05) is 5.75 Å². The standard InChI is InChI=1S/C11H19NO5S/c1-8(6-11(14)15)12-10(13)7-18(16,17)9-4-2-3-5-9/h8-9H,2-7H2,1H3,(H,12,13)(H,14,15). The van der Waals surface area contributed by atoms with E-state index in [4.69, 9.17) is 5.11 Å². The van der Waals surface area contributed by atoms with E-state index in [2.05, 4.69) is 5.32 Å². The molecule has 1 amide bonds. The summed E-state index contributed by atoms with van der Waals surface area (Å²) in [6, 6.07) is -0.561. The van der Waals surface area contributed by atoms with E-state index in [1.807, 2.05) is 0 Å². The van der Waals surface area contributed by atoms with Crippen LogP contribution in [0.4, 0.5) is 0 Å². The summed E-state index contributed by atoms with van der Waals surface area (Å²) in [6.45, 7) is 1.54. The molecule has 7 heteroatoms. The van der Waals surface area contributed by atoms with Crippen molar-refractivity contribution in [3.63, 3.8) is 0 Å². The number of sulfone groups is 1. The van der Waals surface area contributed by atoms with Crippen molar-refractivity contribution in [2.45, 2.75) is 50.3 Å². The number of carboxylic acid groups (broad SMARTS) is 1. The number of carbonyl (C=O) groups is 2. The van der Waals surface area contributed by atoms with E-state index in [0.717, 1.165) is 12.8 Å². The molecule has 1 unspecified atom stereocenters. The lowest BCUT2D eigenvalue weighted by Gasteiger charge is -2.14. The van der Waals surface area contributed by atoms with Gasteiger partial charge in [0, 0.05) is 6.04 Å². The first-order chi connectivity index (χ1) is 8.31. The third-order valence-corrected chi connectivity index (χ3v) is 5.18. The van der Waals surface area contributed by atoms with Gasteiger partial charge >= 0.3 is 5.97 Å². The lowest BCUT2D eigenvalue weighted by Crippen LogP contribution is -2.39. The maximum atomic E-state index is 11.9. The maximum absolute atomic E-state index is 11.9. The molecule has 1 atom stereocenters. The summed E-state index contributed by atoms with van der Waals surface area (Å²) in [5, 5.41) is 10.5. The van der Waals surface area contributed by atoms with Crippen LogP contribution in [-0.4, -0.2) is 42.4 Å². The second-order valence-electron chi connectivity index (χ2n) is 4.78. The monoisotopic (exact) mass is 277 g/mol. The highest BCUT2D eigenvalue weighted by Crippen LogP contribution is 2.25. The molecule has 18 heavy (non-hydrogen) atoms. The molecular weight excluding hydrogens is 258 g/mol. The number of hydrogen-bond acceptors (Lipinski definition) is 4. The summed E-state index contributed by atoms with van der Waals surface area (Å²) in [4.78, 5) is 21.9. The Hall–Kier alpha value is -1.11. The van der Waals surface area contributed by atoms with Crippen molar-refractivity contribution < 1.29 is 23.1 Å². The fourth-order valence-corrected chi connectivity index (χ4v) is 3.91. The summed E-state index contributed by atoms with van der Waals surface area (Å²) >= 11 is 0. The first-order valence-corrected chi connectivity index (χ1v) is 7.75. The molecule has 0 aromatic heterocycles. The molecule has 1 saturated carbocycles. The average Bonchev–Trinajstić information content (AvgIpc) is 2.66. The van der Waals surface area contributed by atoms with Gasteiger partial charge in [0.2, 0.25) is 5.91 Å². The van der Waals surface area contributed by atoms with Crippen LogP contribution in [0.2, 0.25) is 0 Å². The zero-order valence-electron chi connectivity index (χ0n) is 10.4. The van der Waals surface area contributed by atoms with Crippen LogP contribution in [0, 0.1) is 0 Å². The average molecular weight is 277 g/mol. The highest BCUT2D eigenvalue weighted by atomic mass is 32.2. The van der Waals surface area contributed by atoms with Crippen molar-refractivity contribution in [1.82, 2.24) is 5.32 Å². The second kappa shape index (κ2) is 6.17. The molecule has 1 aliphatic carbocycles. The topological polar surface area (TPSA) is 101 Å². The minimum Gasteiger partial charge on any atom is -0.481 e. The van der Waals surface area contributed by atoms with Gasteiger partial charge in [-0.15, -0.1) is 0 Å². The van der Waals surface area contributed by atoms with Gasteiger partial charge in [0.25, 0.3) is 0 Å². The Bertz CT molecular complexity index is 411. The number of carboxylic acids is 1. The molecule has 0 saturated heterocycles. The van der Waals surface area contributed by atoms with Gasteiger partial charge in [-0.25, -0.2) is 8.42 Å². The largest absolute Gasteiger partial charge is 0.481 e. The fraction of sp³-hybridized carbons (Fsp3) is 0.818. The van der Waals surface area contributed by atoms with Gasteiger partial charge in [-0.3, -0.25) is 9.59 Å². The Kier molecular flexibility index (Phi) is 5.13. The van der Waals surface area contributed by atoms with Gasteiger partial charge < -0.3 is 10.4 Å². The smallest absolute Gasteiger partial charge is 0.305 e. The van der Waals surface area contributed by atoms with E-state index >= 15 is 0 Å². The molecule has 6 nitrogen and oxygen atoms in total. The molecule has 0 bridgehead atoms. The van der Waals surface area contributed by atoms with Crippen molar-refractivity contribution in [3.8, 4) is 0 Å². The van der Waals surface area contributed by atoms with Gasteiger partial charge in [0.05, 0.1) is 11.7 Å². The van der Waals surface area contributed by atoms with Crippen LogP contribution < -0.4 is 5.32 Å². The lowest BCUT2D eigenvalue weighted by atomic mass is 10.2. The minimum absolute atomic E-state index is 0.213. The first kappa shape index (κ1) is 14.9. The van der Waals surface area contributed by atoms with Crippen molar-refractivity contribution in [2.24, 2.45) is 0 Å². The quantitative estimate of drug-likeness (QED) is 0.728. The molecule has 0 aromatic rings. The molecule has 104 valence electrons. The Balaban J connectivity index is 2.46. The number of amides is 1. The van der Waals surface area contributed by atoms with Gasteiger partial charge in [-0.1, -0.05) is 12.8 Å². The molecule has 1 rings (SSSR count). The Labute approximate surface area is 107 Å². The Morgan fingerprint density at radius 2 is 1.89 bits per heavy atom. The maximum Gasteiger partial charge on any atom is 0.305 e. The van der Waals surface area contributed by atoms with Crippen LogP contribution in [0.3, 0.4) is 0 Å². The molecule has 0 radical (unpaired) electrons. The lowest BCUT2D eigenvalue weighted by molar-refractivity contribution is -0.137. The van der Waals surface area contributed by atoms with E-state index in [0.29, 0.717) is 12.8 Å². The summed E-state index contributed by atoms with van der Waals surface area (Å²) in [6.07, 6.45) is 2.82. The van der Waals surface area contributed by atoms with Crippen molar-refractivity contribution in [1.29, 1.82) is 0 Å². The van der Waals surface area contributed by atoms with Crippen LogP contribution in [0.25, 0.3) is 0 Å². The Morgan fingerprint density at radius 1 is 1.33 bits per heavy atom. The van der Waals surface area contributed by atoms with E-state index in [1.54, 1.807) is 0 Å². The van der Waals surface area contributed by atoms with Crippen LogP contribution in [-0.2, 0) is 19.4 Å². The molecular formula is C11H19NO5S. The number of aliphatic carboxylic acids is 1. The Morgan fingerprint density at radius 3 is 2.39 bits per heavy atom. The first-order valence-electron chi connectivity index (χ1n) is 6.04. The van der Waals surface area contributed by atoms with E-state index in [1.165, 1.54) is 6.92 Å². The molecule has 0 spiro atoms. The molecule has 2 N–H and O–H groups in total. The van der Waals surface area contributed by atoms with Crippen molar-refractivity contribution >= 4 is 21.7 Å². The number of nitrogens with one attached hydrogen (secondary N) is 1. The van der Waals surface area contributed by atoms with Crippen LogP contribution in [0.5, 0.6) is 0 Å². The van der Waals surface area contributed by atoms with Gasteiger partial charge in [0.1, 0.15) is 5.75 Å². The van der Waals surface area contributed by atoms with Crippen LogP contribution in [0.1, 0.15) is 39.0 Å². The predicted octanol–water partition coefficient (Wildman–Crippen LogP) is 0.323. The van der Waals surface area contributed by atoms with E-state index in [9.17, 15) is 18.0 Å². The number of rotatable bonds is 6. The summed E-state index contributed by atoms with van der Waals surface area (Å²) < 4.78 is 23.7. The number of hydrogen-bond donors (Lipinski definition) is 2. The van der Waals surface area contributed by atoms with Gasteiger partial charge in [0.15, 0.2) is 9.84 Å². The molecule has 1 aliphatic rings. The molecule has 1 fully saturated rings. The SMILES string of the molecule is CC(CC(=O)O)NC(=O)CS(=O)(=O)C1CCCC1. The van der Waals surface area contributed by atoms with E-state index in [-0.39, 0.29) is 6.42 Å². The third-order valence-electron chi connectivity index (χ3n) is 3.03. The highest BCUT2D eigenvalue weighted by Gasteiger charge is 2.30. The number of carbonyl (C=O) groups excluding carboxylic acids is 1. The zero-order chi connectivity index (χ0) is 13.8. The fourth-order valence-electron chi connectivity index (χ4n) is 2.18.